The van der Waals surface area contributed by atoms with Gasteiger partial charge in [0.05, 0.1) is 17.3 Å². The third-order valence-corrected chi connectivity index (χ3v) is 1.97. The van der Waals surface area contributed by atoms with Gasteiger partial charge in [0.15, 0.2) is 0 Å². The fourth-order valence-corrected chi connectivity index (χ4v) is 1.20. The van der Waals surface area contributed by atoms with Crippen LogP contribution in [0.25, 0.3) is 11.0 Å². The zero-order valence-electron chi connectivity index (χ0n) is 7.44. The van der Waals surface area contributed by atoms with Gasteiger partial charge in [0.1, 0.15) is 5.65 Å². The molecule has 0 aliphatic rings. The molecule has 2 rings (SSSR count). The highest BCUT2D eigenvalue weighted by molar-refractivity contribution is 5.76. The molecule has 0 fully saturated rings. The Bertz CT molecular complexity index is 611. The number of nitrogen functional groups attached to an aromatic ring is 1. The van der Waals surface area contributed by atoms with Crippen LogP contribution in [-0.4, -0.2) is 14.5 Å². The Kier molecular flexibility index (Phi) is 1.63. The third kappa shape index (κ3) is 1.08. The Balaban J connectivity index is 3.07. The number of rotatable bonds is 0. The summed E-state index contributed by atoms with van der Waals surface area (Å²) in [6, 6.07) is 1.49. The molecule has 6 nitrogen and oxygen atoms in total. The number of anilines is 1. The molecule has 2 heterocycles. The van der Waals surface area contributed by atoms with Gasteiger partial charge in [-0.15, -0.1) is 0 Å². The molecule has 3 N–H and O–H groups in total. The van der Waals surface area contributed by atoms with Crippen LogP contribution in [0.4, 0.5) is 5.69 Å². The zero-order valence-corrected chi connectivity index (χ0v) is 7.44. The summed E-state index contributed by atoms with van der Waals surface area (Å²) in [6.07, 6.45) is 1.39. The normalized spacial score (nSPS) is 10.6. The maximum atomic E-state index is 11.5. The summed E-state index contributed by atoms with van der Waals surface area (Å²) < 4.78 is 0.976. The smallest absolute Gasteiger partial charge is 0.329 e. The van der Waals surface area contributed by atoms with Crippen molar-refractivity contribution in [1.82, 2.24) is 14.5 Å². The number of aromatic nitrogens is 3. The average Bonchev–Trinajstić information content (AvgIpc) is 2.16. The topological polar surface area (TPSA) is 93.8 Å². The molecular formula is C8H8N4O2. The summed E-state index contributed by atoms with van der Waals surface area (Å²) in [6.45, 7) is 0. The van der Waals surface area contributed by atoms with Gasteiger partial charge >= 0.3 is 5.69 Å². The Morgan fingerprint density at radius 2 is 2.21 bits per heavy atom. The highest BCUT2D eigenvalue weighted by Crippen LogP contribution is 2.05. The van der Waals surface area contributed by atoms with Gasteiger partial charge in [-0.05, 0) is 6.07 Å². The van der Waals surface area contributed by atoms with E-state index in [0.29, 0.717) is 11.1 Å². The molecule has 0 aromatic carbocycles. The standard InChI is InChI=1S/C8H8N4O2/c1-12-7(13)5-2-4(9)3-10-6(5)11-8(12)14/h2-3H,9H2,1H3,(H,10,11,14). The van der Waals surface area contributed by atoms with E-state index in [2.05, 4.69) is 9.97 Å². The molecule has 0 unspecified atom stereocenters. The Labute approximate surface area is 78.0 Å². The highest BCUT2D eigenvalue weighted by Gasteiger charge is 2.04. The van der Waals surface area contributed by atoms with E-state index in [4.69, 9.17) is 5.73 Å². The lowest BCUT2D eigenvalue weighted by molar-refractivity contribution is 0.791. The quantitative estimate of drug-likeness (QED) is 0.571. The van der Waals surface area contributed by atoms with Gasteiger partial charge < -0.3 is 5.73 Å². The van der Waals surface area contributed by atoms with Crippen molar-refractivity contribution in [3.63, 3.8) is 0 Å². The molecule has 0 saturated carbocycles. The lowest BCUT2D eigenvalue weighted by Gasteiger charge is -2.00. The van der Waals surface area contributed by atoms with E-state index >= 15 is 0 Å². The van der Waals surface area contributed by atoms with Crippen LogP contribution < -0.4 is 17.0 Å². The van der Waals surface area contributed by atoms with E-state index in [1.165, 1.54) is 19.3 Å². The van der Waals surface area contributed by atoms with Gasteiger partial charge in [-0.3, -0.25) is 14.3 Å². The van der Waals surface area contributed by atoms with Crippen LogP contribution in [0.5, 0.6) is 0 Å². The summed E-state index contributed by atoms with van der Waals surface area (Å²) in [5.41, 5.74) is 5.24. The molecule has 0 bridgehead atoms. The molecule has 0 atom stereocenters. The molecule has 14 heavy (non-hydrogen) atoms. The van der Waals surface area contributed by atoms with Crippen molar-refractivity contribution in [3.05, 3.63) is 33.1 Å². The fraction of sp³-hybridized carbons (Fsp3) is 0.125. The minimum absolute atomic E-state index is 0.257. The first kappa shape index (κ1) is 8.49. The van der Waals surface area contributed by atoms with E-state index < -0.39 is 11.2 Å². The number of hydrogen-bond acceptors (Lipinski definition) is 4. The van der Waals surface area contributed by atoms with E-state index in [0.717, 1.165) is 4.57 Å². The average molecular weight is 192 g/mol. The summed E-state index contributed by atoms with van der Waals surface area (Å²) >= 11 is 0. The minimum atomic E-state index is -0.486. The molecular weight excluding hydrogens is 184 g/mol. The third-order valence-electron chi connectivity index (χ3n) is 1.97. The molecule has 0 aliphatic heterocycles. The molecule has 72 valence electrons. The number of hydrogen-bond donors (Lipinski definition) is 2. The lowest BCUT2D eigenvalue weighted by Crippen LogP contribution is -2.32. The summed E-state index contributed by atoms with van der Waals surface area (Å²) in [5, 5.41) is 0.312. The molecule has 6 heteroatoms. The van der Waals surface area contributed by atoms with Crippen LogP contribution in [0.2, 0.25) is 0 Å². The molecule has 2 aromatic rings. The molecule has 2 aromatic heterocycles. The number of pyridine rings is 1. The molecule has 0 saturated heterocycles. The van der Waals surface area contributed by atoms with Crippen molar-refractivity contribution in [2.45, 2.75) is 0 Å². The number of H-pyrrole nitrogens is 1. The van der Waals surface area contributed by atoms with Crippen molar-refractivity contribution in [1.29, 1.82) is 0 Å². The van der Waals surface area contributed by atoms with Gasteiger partial charge in [0.2, 0.25) is 0 Å². The minimum Gasteiger partial charge on any atom is -0.397 e. The van der Waals surface area contributed by atoms with Crippen LogP contribution >= 0.6 is 0 Å². The Morgan fingerprint density at radius 3 is 2.93 bits per heavy atom. The predicted molar refractivity (Wildman–Crippen MR) is 52.0 cm³/mol. The highest BCUT2D eigenvalue weighted by atomic mass is 16.2. The van der Waals surface area contributed by atoms with Gasteiger partial charge in [0, 0.05) is 7.05 Å². The Hall–Kier alpha value is -2.11. The van der Waals surface area contributed by atoms with Gasteiger partial charge in [-0.2, -0.15) is 0 Å². The van der Waals surface area contributed by atoms with E-state index in [1.54, 1.807) is 0 Å². The largest absolute Gasteiger partial charge is 0.397 e. The second kappa shape index (κ2) is 2.69. The van der Waals surface area contributed by atoms with Crippen molar-refractivity contribution in [3.8, 4) is 0 Å². The second-order valence-electron chi connectivity index (χ2n) is 2.96. The first-order valence-electron chi connectivity index (χ1n) is 3.94. The maximum Gasteiger partial charge on any atom is 0.329 e. The van der Waals surface area contributed by atoms with Gasteiger partial charge in [-0.25, -0.2) is 9.78 Å². The van der Waals surface area contributed by atoms with Crippen molar-refractivity contribution in [2.24, 2.45) is 7.05 Å². The summed E-state index contributed by atoms with van der Waals surface area (Å²) in [4.78, 5) is 29.0. The Morgan fingerprint density at radius 1 is 1.50 bits per heavy atom. The van der Waals surface area contributed by atoms with E-state index in [-0.39, 0.29) is 5.65 Å². The van der Waals surface area contributed by atoms with Crippen molar-refractivity contribution < 1.29 is 0 Å². The monoisotopic (exact) mass is 192 g/mol. The van der Waals surface area contributed by atoms with Crippen LogP contribution in [0, 0.1) is 0 Å². The van der Waals surface area contributed by atoms with E-state index in [9.17, 15) is 9.59 Å². The van der Waals surface area contributed by atoms with Crippen molar-refractivity contribution >= 4 is 16.7 Å². The SMILES string of the molecule is Cn1c(=O)[nH]c2ncc(N)cc2c1=O. The van der Waals surface area contributed by atoms with Crippen LogP contribution in [-0.2, 0) is 7.05 Å². The first-order chi connectivity index (χ1) is 6.59. The van der Waals surface area contributed by atoms with Gasteiger partial charge in [-0.1, -0.05) is 0 Å². The van der Waals surface area contributed by atoms with Gasteiger partial charge in [0.25, 0.3) is 5.56 Å². The van der Waals surface area contributed by atoms with E-state index in [1.807, 2.05) is 0 Å². The summed E-state index contributed by atoms with van der Waals surface area (Å²) in [5.74, 6) is 0. The zero-order chi connectivity index (χ0) is 10.3. The number of fused-ring (bicyclic) bond motifs is 1. The molecule has 0 spiro atoms. The van der Waals surface area contributed by atoms with Crippen LogP contribution in [0.1, 0.15) is 0 Å². The molecule has 0 radical (unpaired) electrons. The number of nitrogens with two attached hydrogens (primary N) is 1. The lowest BCUT2D eigenvalue weighted by atomic mass is 10.3. The summed E-state index contributed by atoms with van der Waals surface area (Å²) in [7, 11) is 1.39. The first-order valence-corrected chi connectivity index (χ1v) is 3.94. The number of aromatic amines is 1. The molecule has 0 aliphatic carbocycles. The van der Waals surface area contributed by atoms with Crippen LogP contribution in [0.15, 0.2) is 21.9 Å². The maximum absolute atomic E-state index is 11.5. The second-order valence-corrected chi connectivity index (χ2v) is 2.96. The number of nitrogens with one attached hydrogen (secondary N) is 1. The predicted octanol–water partition coefficient (Wildman–Crippen LogP) is -0.796. The number of nitrogens with zero attached hydrogens (tertiary/aromatic N) is 2. The fourth-order valence-electron chi connectivity index (χ4n) is 1.20. The van der Waals surface area contributed by atoms with Crippen molar-refractivity contribution in [2.75, 3.05) is 5.73 Å². The van der Waals surface area contributed by atoms with Crippen LogP contribution in [0.3, 0.4) is 0 Å². The molecule has 0 amide bonds.